The van der Waals surface area contributed by atoms with Gasteiger partial charge in [-0.2, -0.15) is 0 Å². The zero-order valence-electron chi connectivity index (χ0n) is 8.49. The third-order valence-corrected chi connectivity index (χ3v) is 1.81. The van der Waals surface area contributed by atoms with Gasteiger partial charge in [0.2, 0.25) is 0 Å². The van der Waals surface area contributed by atoms with Crippen molar-refractivity contribution in [1.29, 1.82) is 0 Å². The second kappa shape index (κ2) is 6.74. The molecule has 0 aliphatic heterocycles. The van der Waals surface area contributed by atoms with E-state index >= 15 is 0 Å². The molecule has 7 heteroatoms. The molecule has 5 N–H and O–H groups in total. The third-order valence-electron chi connectivity index (χ3n) is 1.50. The summed E-state index contributed by atoms with van der Waals surface area (Å²) in [6.45, 7) is 1.64. The van der Waals surface area contributed by atoms with Gasteiger partial charge in [0.25, 0.3) is 0 Å². The lowest BCUT2D eigenvalue weighted by Crippen LogP contribution is -2.51. The first kappa shape index (κ1) is 13.3. The fraction of sp³-hybridized carbons (Fsp3) is 0.714. The summed E-state index contributed by atoms with van der Waals surface area (Å²) in [6, 6.07) is 0. The van der Waals surface area contributed by atoms with Crippen LogP contribution in [0, 0.1) is 0 Å². The van der Waals surface area contributed by atoms with Gasteiger partial charge in [0.15, 0.2) is 10.2 Å². The van der Waals surface area contributed by atoms with Crippen LogP contribution in [0.25, 0.3) is 0 Å². The van der Waals surface area contributed by atoms with Crippen molar-refractivity contribution in [1.82, 2.24) is 15.3 Å². The zero-order valence-corrected chi connectivity index (χ0v) is 10.1. The Morgan fingerprint density at radius 2 is 1.79 bits per heavy atom. The van der Waals surface area contributed by atoms with Gasteiger partial charge in [0.1, 0.15) is 0 Å². The predicted octanol–water partition coefficient (Wildman–Crippen LogP) is -0.768. The Morgan fingerprint density at radius 3 is 2.14 bits per heavy atom. The molecule has 0 aromatic carbocycles. The molecule has 0 aromatic heterocycles. The summed E-state index contributed by atoms with van der Waals surface area (Å²) < 4.78 is 0. The van der Waals surface area contributed by atoms with E-state index in [4.69, 9.17) is 35.9 Å². The highest BCUT2D eigenvalue weighted by Gasteiger charge is 2.05. The van der Waals surface area contributed by atoms with Crippen molar-refractivity contribution in [3.63, 3.8) is 0 Å². The maximum absolute atomic E-state index is 5.47. The summed E-state index contributed by atoms with van der Waals surface area (Å²) in [5, 5.41) is 1.99. The van der Waals surface area contributed by atoms with Gasteiger partial charge in [-0.05, 0) is 51.5 Å². The van der Waals surface area contributed by atoms with E-state index < -0.39 is 0 Å². The summed E-state index contributed by atoms with van der Waals surface area (Å²) in [6.07, 6.45) is 0.931. The first-order valence-corrected chi connectivity index (χ1v) is 5.03. The molecule has 0 atom stereocenters. The van der Waals surface area contributed by atoms with Gasteiger partial charge in [-0.1, -0.05) is 0 Å². The van der Waals surface area contributed by atoms with E-state index in [2.05, 4.69) is 10.3 Å². The lowest BCUT2D eigenvalue weighted by atomic mass is 10.4. The molecule has 0 saturated heterocycles. The molecule has 82 valence electrons. The minimum atomic E-state index is 0.169. The number of nitrogens with two attached hydrogens (primary N) is 2. The largest absolute Gasteiger partial charge is 0.375 e. The number of nitrogens with zero attached hydrogens (tertiary/aromatic N) is 2. The zero-order chi connectivity index (χ0) is 11.1. The van der Waals surface area contributed by atoms with Crippen LogP contribution in [0.2, 0.25) is 0 Å². The molecule has 0 spiro atoms. The van der Waals surface area contributed by atoms with Crippen LogP contribution in [-0.2, 0) is 0 Å². The maximum atomic E-state index is 5.47. The third kappa shape index (κ3) is 6.81. The smallest absolute Gasteiger partial charge is 0.185 e. The fourth-order valence-electron chi connectivity index (χ4n) is 0.899. The van der Waals surface area contributed by atoms with Gasteiger partial charge >= 0.3 is 0 Å². The van der Waals surface area contributed by atoms with Crippen LogP contribution < -0.4 is 16.9 Å². The Balaban J connectivity index is 3.86. The Labute approximate surface area is 95.4 Å². The SMILES string of the molecule is CN(C)CCCN(NC(N)=S)C(N)=S. The van der Waals surface area contributed by atoms with Crippen molar-refractivity contribution in [2.75, 3.05) is 27.2 Å². The fourth-order valence-corrected chi connectivity index (χ4v) is 1.15. The van der Waals surface area contributed by atoms with E-state index in [1.165, 1.54) is 0 Å². The molecule has 0 radical (unpaired) electrons. The van der Waals surface area contributed by atoms with Crippen LogP contribution in [0.3, 0.4) is 0 Å². The van der Waals surface area contributed by atoms with Crippen LogP contribution in [0.5, 0.6) is 0 Å². The first-order chi connectivity index (χ1) is 6.43. The predicted molar refractivity (Wildman–Crippen MR) is 66.6 cm³/mol. The summed E-state index contributed by atoms with van der Waals surface area (Å²) in [4.78, 5) is 2.08. The second-order valence-electron chi connectivity index (χ2n) is 3.12. The van der Waals surface area contributed by atoms with Crippen LogP contribution in [0.4, 0.5) is 0 Å². The van der Waals surface area contributed by atoms with Crippen LogP contribution in [-0.4, -0.2) is 47.3 Å². The van der Waals surface area contributed by atoms with Crippen LogP contribution in [0.1, 0.15) is 6.42 Å². The first-order valence-electron chi connectivity index (χ1n) is 4.21. The Bertz CT molecular complexity index is 206. The molecule has 0 amide bonds. The molecular weight excluding hydrogens is 218 g/mol. The molecule has 0 saturated carbocycles. The average Bonchev–Trinajstić information content (AvgIpc) is 2.00. The monoisotopic (exact) mass is 235 g/mol. The lowest BCUT2D eigenvalue weighted by Gasteiger charge is -2.23. The lowest BCUT2D eigenvalue weighted by molar-refractivity contribution is 0.328. The summed E-state index contributed by atoms with van der Waals surface area (Å²) in [5.74, 6) is 0. The standard InChI is InChI=1S/C7H17N5S2/c1-11(2)4-3-5-12(7(9)14)10-6(8)13/h3-5H2,1-2H3,(H2,9,14)(H3,8,10,13). The molecule has 0 unspecified atom stereocenters. The minimum absolute atomic E-state index is 0.169. The van der Waals surface area contributed by atoms with Gasteiger partial charge < -0.3 is 16.4 Å². The summed E-state index contributed by atoms with van der Waals surface area (Å²) in [7, 11) is 4.01. The molecule has 0 bridgehead atoms. The Hall–Kier alpha value is -0.660. The highest BCUT2D eigenvalue weighted by molar-refractivity contribution is 7.80. The van der Waals surface area contributed by atoms with E-state index in [9.17, 15) is 0 Å². The van der Waals surface area contributed by atoms with E-state index in [1.54, 1.807) is 5.01 Å². The number of hydrogen-bond donors (Lipinski definition) is 3. The van der Waals surface area contributed by atoms with Gasteiger partial charge in [-0.15, -0.1) is 0 Å². The Morgan fingerprint density at radius 1 is 1.21 bits per heavy atom. The van der Waals surface area contributed by atoms with Gasteiger partial charge in [0.05, 0.1) is 0 Å². The minimum Gasteiger partial charge on any atom is -0.375 e. The van der Waals surface area contributed by atoms with Crippen molar-refractivity contribution < 1.29 is 0 Å². The summed E-state index contributed by atoms with van der Waals surface area (Å²) in [5.41, 5.74) is 13.5. The Kier molecular flexibility index (Phi) is 6.43. The number of thiocarbonyl (C=S) groups is 2. The normalized spacial score (nSPS) is 9.93. The number of hydrogen-bond acceptors (Lipinski definition) is 3. The van der Waals surface area contributed by atoms with Crippen LogP contribution >= 0.6 is 24.4 Å². The molecule has 14 heavy (non-hydrogen) atoms. The van der Waals surface area contributed by atoms with Crippen LogP contribution in [0.15, 0.2) is 0 Å². The molecular formula is C7H17N5S2. The topological polar surface area (TPSA) is 70.5 Å². The summed E-state index contributed by atoms with van der Waals surface area (Å²) >= 11 is 9.52. The number of nitrogens with one attached hydrogen (secondary N) is 1. The number of rotatable bonds is 4. The maximum Gasteiger partial charge on any atom is 0.185 e. The van der Waals surface area contributed by atoms with Gasteiger partial charge in [-0.3, -0.25) is 10.4 Å². The molecule has 0 aromatic rings. The van der Waals surface area contributed by atoms with Crippen molar-refractivity contribution in [3.8, 4) is 0 Å². The molecule has 0 rings (SSSR count). The highest BCUT2D eigenvalue weighted by Crippen LogP contribution is 1.89. The molecule has 0 heterocycles. The van der Waals surface area contributed by atoms with Crippen molar-refractivity contribution >= 4 is 34.7 Å². The van der Waals surface area contributed by atoms with Gasteiger partial charge in [0, 0.05) is 6.54 Å². The van der Waals surface area contributed by atoms with E-state index in [-0.39, 0.29) is 10.2 Å². The van der Waals surface area contributed by atoms with E-state index in [0.29, 0.717) is 6.54 Å². The average molecular weight is 235 g/mol. The number of hydrazine groups is 1. The molecule has 5 nitrogen and oxygen atoms in total. The van der Waals surface area contributed by atoms with Crippen molar-refractivity contribution in [2.24, 2.45) is 11.5 Å². The van der Waals surface area contributed by atoms with Gasteiger partial charge in [-0.25, -0.2) is 0 Å². The van der Waals surface area contributed by atoms with Crippen molar-refractivity contribution in [3.05, 3.63) is 0 Å². The molecule has 0 fully saturated rings. The molecule has 0 aliphatic carbocycles. The molecule has 0 aliphatic rings. The van der Waals surface area contributed by atoms with Crippen molar-refractivity contribution in [2.45, 2.75) is 6.42 Å². The van der Waals surface area contributed by atoms with E-state index in [0.717, 1.165) is 13.0 Å². The highest BCUT2D eigenvalue weighted by atomic mass is 32.1. The quantitative estimate of drug-likeness (QED) is 0.437. The second-order valence-corrected chi connectivity index (χ2v) is 3.98. The van der Waals surface area contributed by atoms with E-state index in [1.807, 2.05) is 14.1 Å².